The van der Waals surface area contributed by atoms with Crippen LogP contribution in [0.1, 0.15) is 20.7 Å². The maximum Gasteiger partial charge on any atom is 0.337 e. The number of amides is 1. The van der Waals surface area contributed by atoms with Crippen LogP contribution in [0, 0.1) is 0 Å². The number of hydrogen-bond donors (Lipinski definition) is 2. The second-order valence-corrected chi connectivity index (χ2v) is 4.38. The van der Waals surface area contributed by atoms with Gasteiger partial charge in [-0.2, -0.15) is 0 Å². The summed E-state index contributed by atoms with van der Waals surface area (Å²) in [6.45, 7) is 0. The van der Waals surface area contributed by atoms with Crippen LogP contribution in [-0.4, -0.2) is 19.0 Å². The van der Waals surface area contributed by atoms with E-state index in [0.29, 0.717) is 22.5 Å². The molecule has 1 heterocycles. The smallest absolute Gasteiger partial charge is 0.337 e. The number of methoxy groups -OCH3 is 1. The molecule has 0 aliphatic carbocycles. The van der Waals surface area contributed by atoms with E-state index in [4.69, 9.17) is 0 Å². The Balaban J connectivity index is 2.11. The van der Waals surface area contributed by atoms with E-state index >= 15 is 0 Å². The lowest BCUT2D eigenvalue weighted by atomic mass is 10.1. The second kappa shape index (κ2) is 4.70. The van der Waals surface area contributed by atoms with Crippen molar-refractivity contribution in [2.24, 2.45) is 0 Å². The maximum atomic E-state index is 12.2. The molecule has 0 aromatic heterocycles. The Hall–Kier alpha value is -2.82. The lowest BCUT2D eigenvalue weighted by molar-refractivity contribution is 0.0600. The van der Waals surface area contributed by atoms with E-state index in [1.54, 1.807) is 18.2 Å². The number of carbonyl (C=O) groups excluding carboxylic acids is 2. The third kappa shape index (κ3) is 1.99. The van der Waals surface area contributed by atoms with E-state index in [0.717, 1.165) is 5.69 Å². The van der Waals surface area contributed by atoms with E-state index in [1.165, 1.54) is 7.11 Å². The average Bonchev–Trinajstić information content (AvgIpc) is 2.61. The van der Waals surface area contributed by atoms with Crippen molar-refractivity contribution >= 4 is 28.9 Å². The molecule has 0 radical (unpaired) electrons. The van der Waals surface area contributed by atoms with Crippen LogP contribution in [0.25, 0.3) is 0 Å². The van der Waals surface area contributed by atoms with Gasteiger partial charge in [-0.1, -0.05) is 12.1 Å². The van der Waals surface area contributed by atoms with Crippen LogP contribution in [0.5, 0.6) is 0 Å². The Morgan fingerprint density at radius 1 is 1.00 bits per heavy atom. The van der Waals surface area contributed by atoms with Gasteiger partial charge >= 0.3 is 5.97 Å². The van der Waals surface area contributed by atoms with E-state index in [9.17, 15) is 9.59 Å². The van der Waals surface area contributed by atoms with E-state index in [-0.39, 0.29) is 5.91 Å². The van der Waals surface area contributed by atoms with Crippen molar-refractivity contribution in [3.63, 3.8) is 0 Å². The number of fused-ring (bicyclic) bond motifs is 2. The summed E-state index contributed by atoms with van der Waals surface area (Å²) in [6.07, 6.45) is 0. The first kappa shape index (κ1) is 12.2. The fraction of sp³-hybridized carbons (Fsp3) is 0.0667. The lowest BCUT2D eigenvalue weighted by Crippen LogP contribution is -2.11. The number of para-hydroxylation sites is 2. The molecule has 2 aromatic rings. The fourth-order valence-electron chi connectivity index (χ4n) is 2.13. The van der Waals surface area contributed by atoms with Crippen LogP contribution in [0.4, 0.5) is 17.1 Å². The molecule has 0 spiro atoms. The fourth-order valence-corrected chi connectivity index (χ4v) is 2.13. The molecule has 2 N–H and O–H groups in total. The highest BCUT2D eigenvalue weighted by atomic mass is 16.5. The van der Waals surface area contributed by atoms with Gasteiger partial charge in [0.2, 0.25) is 0 Å². The first-order chi connectivity index (χ1) is 9.69. The summed E-state index contributed by atoms with van der Waals surface area (Å²) in [6, 6.07) is 12.2. The molecule has 1 aliphatic heterocycles. The number of esters is 1. The maximum absolute atomic E-state index is 12.2. The van der Waals surface area contributed by atoms with E-state index < -0.39 is 5.97 Å². The average molecular weight is 268 g/mol. The number of benzene rings is 2. The molecule has 1 amide bonds. The van der Waals surface area contributed by atoms with Crippen LogP contribution < -0.4 is 10.6 Å². The molecule has 0 atom stereocenters. The first-order valence-corrected chi connectivity index (χ1v) is 6.09. The third-order valence-corrected chi connectivity index (χ3v) is 3.13. The highest BCUT2D eigenvalue weighted by Gasteiger charge is 2.20. The third-order valence-electron chi connectivity index (χ3n) is 3.13. The molecule has 3 rings (SSSR count). The molecule has 5 nitrogen and oxygen atoms in total. The van der Waals surface area contributed by atoms with Gasteiger partial charge in [0.25, 0.3) is 5.91 Å². The van der Waals surface area contributed by atoms with Crippen molar-refractivity contribution < 1.29 is 14.3 Å². The Bertz CT molecular complexity index is 710. The highest BCUT2D eigenvalue weighted by Crippen LogP contribution is 2.32. The number of anilines is 3. The van der Waals surface area contributed by atoms with Crippen molar-refractivity contribution in [3.05, 3.63) is 53.6 Å². The number of ether oxygens (including phenoxy) is 1. The zero-order valence-corrected chi connectivity index (χ0v) is 10.8. The van der Waals surface area contributed by atoms with Gasteiger partial charge in [-0.05, 0) is 30.3 Å². The van der Waals surface area contributed by atoms with Gasteiger partial charge in [-0.15, -0.1) is 0 Å². The summed E-state index contributed by atoms with van der Waals surface area (Å²) in [5, 5.41) is 5.99. The molecule has 0 bridgehead atoms. The van der Waals surface area contributed by atoms with Gasteiger partial charge in [0.1, 0.15) is 0 Å². The molecule has 100 valence electrons. The molecular formula is C15H12N2O3. The van der Waals surface area contributed by atoms with E-state index in [1.807, 2.05) is 24.3 Å². The molecule has 1 aliphatic rings. The first-order valence-electron chi connectivity index (χ1n) is 6.09. The molecule has 5 heteroatoms. The molecule has 0 unspecified atom stereocenters. The van der Waals surface area contributed by atoms with Crippen molar-refractivity contribution in [1.29, 1.82) is 0 Å². The number of nitrogens with one attached hydrogen (secondary N) is 2. The normalized spacial score (nSPS) is 12.3. The van der Waals surface area contributed by atoms with Gasteiger partial charge in [0, 0.05) is 0 Å². The Kier molecular flexibility index (Phi) is 2.87. The van der Waals surface area contributed by atoms with Gasteiger partial charge in [0.15, 0.2) is 0 Å². The SMILES string of the molecule is COC(=O)c1ccc2c(c1)Nc1ccccc1NC2=O. The Labute approximate surface area is 115 Å². The summed E-state index contributed by atoms with van der Waals surface area (Å²) in [5.41, 5.74) is 2.94. The van der Waals surface area contributed by atoms with Crippen molar-refractivity contribution in [2.75, 3.05) is 17.7 Å². The van der Waals surface area contributed by atoms with Crippen LogP contribution in [-0.2, 0) is 4.74 Å². The molecule has 0 saturated carbocycles. The summed E-state index contributed by atoms with van der Waals surface area (Å²) in [5.74, 6) is -0.651. The highest BCUT2D eigenvalue weighted by molar-refractivity contribution is 6.12. The number of hydrogen-bond acceptors (Lipinski definition) is 4. The predicted octanol–water partition coefficient (Wildman–Crippen LogP) is 2.78. The van der Waals surface area contributed by atoms with Crippen LogP contribution in [0.3, 0.4) is 0 Å². The predicted molar refractivity (Wildman–Crippen MR) is 75.5 cm³/mol. The second-order valence-electron chi connectivity index (χ2n) is 4.38. The van der Waals surface area contributed by atoms with Crippen molar-refractivity contribution in [1.82, 2.24) is 0 Å². The van der Waals surface area contributed by atoms with Crippen molar-refractivity contribution in [3.8, 4) is 0 Å². The molecular weight excluding hydrogens is 256 g/mol. The molecule has 20 heavy (non-hydrogen) atoms. The lowest BCUT2D eigenvalue weighted by Gasteiger charge is -2.09. The van der Waals surface area contributed by atoms with Gasteiger partial charge in [-0.3, -0.25) is 4.79 Å². The number of rotatable bonds is 1. The summed E-state index contributed by atoms with van der Waals surface area (Å²) in [7, 11) is 1.32. The monoisotopic (exact) mass is 268 g/mol. The molecule has 0 saturated heterocycles. The van der Waals surface area contributed by atoms with Gasteiger partial charge in [-0.25, -0.2) is 4.79 Å². The quantitative estimate of drug-likeness (QED) is 0.780. The van der Waals surface area contributed by atoms with E-state index in [2.05, 4.69) is 15.4 Å². The topological polar surface area (TPSA) is 67.4 Å². The van der Waals surface area contributed by atoms with Crippen LogP contribution in [0.15, 0.2) is 42.5 Å². The minimum absolute atomic E-state index is 0.214. The standard InChI is InChI=1S/C15H12N2O3/c1-20-15(19)9-6-7-10-13(8-9)16-11-4-2-3-5-12(11)17-14(10)18/h2-8,16H,1H3,(H,17,18). The molecule has 0 fully saturated rings. The Morgan fingerprint density at radius 2 is 1.70 bits per heavy atom. The largest absolute Gasteiger partial charge is 0.465 e. The minimum Gasteiger partial charge on any atom is -0.465 e. The van der Waals surface area contributed by atoms with Crippen LogP contribution in [0.2, 0.25) is 0 Å². The van der Waals surface area contributed by atoms with Gasteiger partial charge < -0.3 is 15.4 Å². The summed E-state index contributed by atoms with van der Waals surface area (Å²) < 4.78 is 4.69. The molecule has 2 aromatic carbocycles. The van der Waals surface area contributed by atoms with Gasteiger partial charge in [0.05, 0.1) is 35.3 Å². The number of carbonyl (C=O) groups is 2. The minimum atomic E-state index is -0.437. The van der Waals surface area contributed by atoms with Crippen molar-refractivity contribution in [2.45, 2.75) is 0 Å². The summed E-state index contributed by atoms with van der Waals surface area (Å²) in [4.78, 5) is 23.7. The van der Waals surface area contributed by atoms with Crippen LogP contribution >= 0.6 is 0 Å². The zero-order chi connectivity index (χ0) is 14.1. The zero-order valence-electron chi connectivity index (χ0n) is 10.8. The Morgan fingerprint density at radius 3 is 2.40 bits per heavy atom. The summed E-state index contributed by atoms with van der Waals surface area (Å²) >= 11 is 0.